The predicted molar refractivity (Wildman–Crippen MR) is 67.9 cm³/mol. The quantitative estimate of drug-likeness (QED) is 0.561. The molecule has 0 bridgehead atoms. The van der Waals surface area contributed by atoms with Crippen LogP contribution in [0.25, 0.3) is 0 Å². The molecule has 0 saturated heterocycles. The molecule has 0 aromatic heterocycles. The zero-order valence-corrected chi connectivity index (χ0v) is 11.3. The Hall–Kier alpha value is -0.120. The summed E-state index contributed by atoms with van der Waals surface area (Å²) in [6.45, 7) is 6.78. The van der Waals surface area contributed by atoms with Crippen LogP contribution in [0.3, 0.4) is 0 Å². The summed E-state index contributed by atoms with van der Waals surface area (Å²) in [6, 6.07) is 0.269. The summed E-state index contributed by atoms with van der Waals surface area (Å²) in [5.74, 6) is 7.05. The summed E-state index contributed by atoms with van der Waals surface area (Å²) in [6.07, 6.45) is 5.97. The van der Waals surface area contributed by atoms with Crippen LogP contribution in [-0.4, -0.2) is 18.8 Å². The molecule has 4 unspecified atom stereocenters. The minimum Gasteiger partial charge on any atom is -0.377 e. The Morgan fingerprint density at radius 2 is 2.25 bits per heavy atom. The van der Waals surface area contributed by atoms with Crippen LogP contribution in [-0.2, 0) is 4.74 Å². The van der Waals surface area contributed by atoms with Gasteiger partial charge in [0, 0.05) is 7.11 Å². The maximum Gasteiger partial charge on any atom is 0.0849 e. The van der Waals surface area contributed by atoms with Gasteiger partial charge < -0.3 is 4.74 Å². The second-order valence-corrected chi connectivity index (χ2v) is 5.50. The molecule has 3 heteroatoms. The van der Waals surface area contributed by atoms with Crippen molar-refractivity contribution in [3.05, 3.63) is 0 Å². The van der Waals surface area contributed by atoms with E-state index in [-0.39, 0.29) is 11.6 Å². The fourth-order valence-corrected chi connectivity index (χ4v) is 3.21. The van der Waals surface area contributed by atoms with Gasteiger partial charge in [0.25, 0.3) is 0 Å². The molecular formula is C13H28N2O. The fourth-order valence-electron chi connectivity index (χ4n) is 3.21. The molecule has 0 heterocycles. The van der Waals surface area contributed by atoms with Crippen LogP contribution in [0, 0.1) is 11.8 Å². The van der Waals surface area contributed by atoms with E-state index in [1.165, 1.54) is 12.8 Å². The molecule has 1 aliphatic carbocycles. The zero-order chi connectivity index (χ0) is 12.2. The molecule has 1 saturated carbocycles. The monoisotopic (exact) mass is 228 g/mol. The lowest BCUT2D eigenvalue weighted by atomic mass is 9.71. The number of hydrazine groups is 1. The Morgan fingerprint density at radius 3 is 2.69 bits per heavy atom. The van der Waals surface area contributed by atoms with E-state index in [2.05, 4.69) is 26.2 Å². The first kappa shape index (κ1) is 13.9. The number of hydrogen-bond donors (Lipinski definition) is 2. The van der Waals surface area contributed by atoms with Crippen LogP contribution in [0.15, 0.2) is 0 Å². The van der Waals surface area contributed by atoms with Crippen molar-refractivity contribution >= 4 is 0 Å². The van der Waals surface area contributed by atoms with Crippen molar-refractivity contribution in [2.45, 2.75) is 64.5 Å². The molecule has 0 aliphatic heterocycles. The van der Waals surface area contributed by atoms with Gasteiger partial charge >= 0.3 is 0 Å². The van der Waals surface area contributed by atoms with Gasteiger partial charge in [-0.05, 0) is 24.7 Å². The lowest BCUT2D eigenvalue weighted by molar-refractivity contribution is -0.0913. The Bertz CT molecular complexity index is 210. The van der Waals surface area contributed by atoms with Gasteiger partial charge in [-0.15, -0.1) is 0 Å². The Labute approximate surface area is 100 Å². The minimum absolute atomic E-state index is 0.0537. The highest BCUT2D eigenvalue weighted by Gasteiger charge is 2.43. The highest BCUT2D eigenvalue weighted by Crippen LogP contribution is 2.39. The largest absolute Gasteiger partial charge is 0.377 e. The zero-order valence-electron chi connectivity index (χ0n) is 11.3. The van der Waals surface area contributed by atoms with Crippen molar-refractivity contribution in [3.63, 3.8) is 0 Å². The summed E-state index contributed by atoms with van der Waals surface area (Å²) in [7, 11) is 1.84. The Morgan fingerprint density at radius 1 is 1.56 bits per heavy atom. The molecule has 0 aromatic carbocycles. The Balaban J connectivity index is 2.82. The number of hydrogen-bond acceptors (Lipinski definition) is 3. The lowest BCUT2D eigenvalue weighted by Crippen LogP contribution is -2.59. The number of ether oxygens (including phenoxy) is 1. The van der Waals surface area contributed by atoms with Crippen molar-refractivity contribution in [1.29, 1.82) is 0 Å². The smallest absolute Gasteiger partial charge is 0.0849 e. The van der Waals surface area contributed by atoms with Crippen LogP contribution in [0.5, 0.6) is 0 Å². The molecule has 0 radical (unpaired) electrons. The van der Waals surface area contributed by atoms with Gasteiger partial charge in [-0.1, -0.05) is 40.0 Å². The van der Waals surface area contributed by atoms with Gasteiger partial charge in [0.1, 0.15) is 0 Å². The predicted octanol–water partition coefficient (Wildman–Crippen LogP) is 2.46. The van der Waals surface area contributed by atoms with Gasteiger partial charge in [0.05, 0.1) is 11.6 Å². The standard InChI is InChI=1S/C13H28N2O/c1-5-11(3)12(15-14)13(16-4)8-6-7-10(2)9-13/h10-12,15H,5-9,14H2,1-4H3. The molecule has 0 amide bonds. The van der Waals surface area contributed by atoms with E-state index in [4.69, 9.17) is 10.6 Å². The van der Waals surface area contributed by atoms with E-state index in [1.54, 1.807) is 0 Å². The molecule has 3 N–H and O–H groups in total. The van der Waals surface area contributed by atoms with Crippen LogP contribution >= 0.6 is 0 Å². The van der Waals surface area contributed by atoms with Crippen molar-refractivity contribution in [2.75, 3.05) is 7.11 Å². The summed E-state index contributed by atoms with van der Waals surface area (Å²) in [4.78, 5) is 0. The average molecular weight is 228 g/mol. The van der Waals surface area contributed by atoms with E-state index in [0.29, 0.717) is 5.92 Å². The molecule has 3 nitrogen and oxygen atoms in total. The first-order chi connectivity index (χ1) is 7.59. The number of methoxy groups -OCH3 is 1. The van der Waals surface area contributed by atoms with Crippen molar-refractivity contribution < 1.29 is 4.74 Å². The third kappa shape index (κ3) is 2.76. The van der Waals surface area contributed by atoms with Gasteiger partial charge in [-0.25, -0.2) is 0 Å². The second-order valence-electron chi connectivity index (χ2n) is 5.50. The van der Waals surface area contributed by atoms with Crippen LogP contribution in [0.2, 0.25) is 0 Å². The second kappa shape index (κ2) is 5.99. The molecule has 4 atom stereocenters. The molecular weight excluding hydrogens is 200 g/mol. The minimum atomic E-state index is -0.0537. The van der Waals surface area contributed by atoms with Crippen LogP contribution in [0.1, 0.15) is 52.9 Å². The number of nitrogens with two attached hydrogens (primary N) is 1. The van der Waals surface area contributed by atoms with E-state index in [1.807, 2.05) is 7.11 Å². The third-order valence-electron chi connectivity index (χ3n) is 4.36. The Kier molecular flexibility index (Phi) is 5.22. The summed E-state index contributed by atoms with van der Waals surface area (Å²) >= 11 is 0. The molecule has 1 fully saturated rings. The van der Waals surface area contributed by atoms with Gasteiger partial charge in [-0.3, -0.25) is 11.3 Å². The fraction of sp³-hybridized carbons (Fsp3) is 1.00. The highest BCUT2D eigenvalue weighted by atomic mass is 16.5. The maximum atomic E-state index is 5.88. The van der Waals surface area contributed by atoms with Crippen LogP contribution < -0.4 is 11.3 Å². The van der Waals surface area contributed by atoms with E-state index >= 15 is 0 Å². The van der Waals surface area contributed by atoms with Crippen LogP contribution in [0.4, 0.5) is 0 Å². The molecule has 0 aromatic rings. The molecule has 1 aliphatic rings. The molecule has 1 rings (SSSR count). The SMILES string of the molecule is CCC(C)C(NN)C1(OC)CCCC(C)C1. The van der Waals surface area contributed by atoms with E-state index < -0.39 is 0 Å². The number of nitrogens with one attached hydrogen (secondary N) is 1. The maximum absolute atomic E-state index is 5.88. The van der Waals surface area contributed by atoms with Gasteiger partial charge in [0.2, 0.25) is 0 Å². The topological polar surface area (TPSA) is 47.3 Å². The molecule has 0 spiro atoms. The summed E-state index contributed by atoms with van der Waals surface area (Å²) in [5, 5.41) is 0. The van der Waals surface area contributed by atoms with Gasteiger partial charge in [-0.2, -0.15) is 0 Å². The van der Waals surface area contributed by atoms with Gasteiger partial charge in [0.15, 0.2) is 0 Å². The third-order valence-corrected chi connectivity index (χ3v) is 4.36. The molecule has 96 valence electrons. The molecule has 16 heavy (non-hydrogen) atoms. The first-order valence-corrected chi connectivity index (χ1v) is 6.61. The van der Waals surface area contributed by atoms with Crippen molar-refractivity contribution in [1.82, 2.24) is 5.43 Å². The average Bonchev–Trinajstić information content (AvgIpc) is 2.29. The highest BCUT2D eigenvalue weighted by molar-refractivity contribution is 4.97. The van der Waals surface area contributed by atoms with Crippen molar-refractivity contribution in [2.24, 2.45) is 17.7 Å². The van der Waals surface area contributed by atoms with E-state index in [0.717, 1.165) is 25.2 Å². The van der Waals surface area contributed by atoms with Crippen molar-refractivity contribution in [3.8, 4) is 0 Å². The van der Waals surface area contributed by atoms with E-state index in [9.17, 15) is 0 Å². The lowest BCUT2D eigenvalue weighted by Gasteiger charge is -2.46. The first-order valence-electron chi connectivity index (χ1n) is 6.61. The summed E-state index contributed by atoms with van der Waals surface area (Å²) in [5.41, 5.74) is 2.96. The normalized spacial score (nSPS) is 34.7. The summed E-state index contributed by atoms with van der Waals surface area (Å²) < 4.78 is 5.88. The number of rotatable bonds is 5.